The number of aromatic amines is 1. The largest absolute Gasteiger partial charge is 0.479 e. The van der Waals surface area contributed by atoms with Crippen LogP contribution in [-0.2, 0) is 0 Å². The number of hydrogen-bond donors (Lipinski definition) is 2. The minimum Gasteiger partial charge on any atom is -0.479 e. The van der Waals surface area contributed by atoms with Crippen molar-refractivity contribution < 1.29 is 4.74 Å². The van der Waals surface area contributed by atoms with E-state index in [1.807, 2.05) is 6.20 Å². The molecule has 2 aromatic rings. The molecular formula is C13H19N5O. The Morgan fingerprint density at radius 2 is 2.26 bits per heavy atom. The van der Waals surface area contributed by atoms with Gasteiger partial charge in [-0.3, -0.25) is 4.90 Å². The van der Waals surface area contributed by atoms with Crippen LogP contribution >= 0.6 is 0 Å². The zero-order valence-corrected chi connectivity index (χ0v) is 11.3. The van der Waals surface area contributed by atoms with Gasteiger partial charge in [-0.25, -0.2) is 4.98 Å². The van der Waals surface area contributed by atoms with Gasteiger partial charge in [0, 0.05) is 30.9 Å². The van der Waals surface area contributed by atoms with Crippen molar-refractivity contribution in [3.8, 4) is 5.88 Å². The van der Waals surface area contributed by atoms with Crippen LogP contribution in [0.1, 0.15) is 18.0 Å². The maximum atomic E-state index is 5.27. The maximum Gasteiger partial charge on any atom is 0.241 e. The highest BCUT2D eigenvalue weighted by Gasteiger charge is 2.23. The third kappa shape index (κ3) is 2.17. The minimum atomic E-state index is 0.378. The highest BCUT2D eigenvalue weighted by Crippen LogP contribution is 2.31. The molecule has 0 spiro atoms. The molecule has 1 saturated heterocycles. The average molecular weight is 261 g/mol. The number of rotatable bonds is 2. The van der Waals surface area contributed by atoms with Crippen molar-refractivity contribution in [1.82, 2.24) is 25.2 Å². The van der Waals surface area contributed by atoms with Gasteiger partial charge in [0.15, 0.2) is 0 Å². The van der Waals surface area contributed by atoms with Gasteiger partial charge in [0.2, 0.25) is 5.88 Å². The fraction of sp³-hybridized carbons (Fsp3) is 0.538. The van der Waals surface area contributed by atoms with Gasteiger partial charge in [0.05, 0.1) is 7.11 Å². The molecule has 2 N–H and O–H groups in total. The lowest BCUT2D eigenvalue weighted by Crippen LogP contribution is -2.26. The van der Waals surface area contributed by atoms with E-state index in [1.54, 1.807) is 13.4 Å². The lowest BCUT2D eigenvalue weighted by atomic mass is 10.0. The smallest absolute Gasteiger partial charge is 0.241 e. The number of fused-ring (bicyclic) bond motifs is 1. The summed E-state index contributed by atoms with van der Waals surface area (Å²) in [6.45, 7) is 3.11. The first-order chi connectivity index (χ1) is 9.31. The number of nitrogens with one attached hydrogen (secondary N) is 2. The van der Waals surface area contributed by atoms with E-state index < -0.39 is 0 Å². The third-order valence-electron chi connectivity index (χ3n) is 3.78. The molecule has 0 aliphatic carbocycles. The first-order valence-corrected chi connectivity index (χ1v) is 6.58. The Kier molecular flexibility index (Phi) is 3.35. The lowest BCUT2D eigenvalue weighted by Gasteiger charge is -2.24. The Morgan fingerprint density at radius 3 is 3.11 bits per heavy atom. The molecule has 1 aliphatic rings. The second-order valence-electron chi connectivity index (χ2n) is 4.89. The average Bonchev–Trinajstić information content (AvgIpc) is 2.75. The predicted octanol–water partition coefficient (Wildman–Crippen LogP) is 0.933. The van der Waals surface area contributed by atoms with Crippen LogP contribution in [0, 0.1) is 0 Å². The van der Waals surface area contributed by atoms with E-state index in [4.69, 9.17) is 4.74 Å². The number of ether oxygens (including phenoxy) is 1. The standard InChI is InChI=1S/C13H19N5O/c1-18-6-5-14-4-3-10(18)9-7-15-12-11(9)16-8-17-13(12)19-2/h7-8,10,14-15H,3-6H2,1-2H3. The summed E-state index contributed by atoms with van der Waals surface area (Å²) in [6.07, 6.45) is 4.68. The van der Waals surface area contributed by atoms with E-state index in [-0.39, 0.29) is 0 Å². The molecule has 1 aliphatic heterocycles. The molecule has 2 aromatic heterocycles. The summed E-state index contributed by atoms with van der Waals surface area (Å²) in [5.74, 6) is 0.602. The van der Waals surface area contributed by atoms with Crippen LogP contribution in [0.4, 0.5) is 0 Å². The van der Waals surface area contributed by atoms with Crippen molar-refractivity contribution in [1.29, 1.82) is 0 Å². The molecule has 102 valence electrons. The van der Waals surface area contributed by atoms with Crippen LogP contribution in [0.25, 0.3) is 11.0 Å². The molecule has 6 heteroatoms. The molecule has 3 heterocycles. The van der Waals surface area contributed by atoms with E-state index in [1.165, 1.54) is 5.56 Å². The van der Waals surface area contributed by atoms with E-state index in [2.05, 4.69) is 32.2 Å². The molecule has 19 heavy (non-hydrogen) atoms. The summed E-state index contributed by atoms with van der Waals surface area (Å²) >= 11 is 0. The summed E-state index contributed by atoms with van der Waals surface area (Å²) in [6, 6.07) is 0.378. The molecular weight excluding hydrogens is 242 g/mol. The van der Waals surface area contributed by atoms with Crippen molar-refractivity contribution in [3.05, 3.63) is 18.1 Å². The summed E-state index contributed by atoms with van der Waals surface area (Å²) < 4.78 is 5.27. The molecule has 0 amide bonds. The molecule has 1 unspecified atom stereocenters. The maximum absolute atomic E-state index is 5.27. The van der Waals surface area contributed by atoms with Crippen molar-refractivity contribution in [3.63, 3.8) is 0 Å². The molecule has 1 atom stereocenters. The Balaban J connectivity index is 2.04. The number of H-pyrrole nitrogens is 1. The lowest BCUT2D eigenvalue weighted by molar-refractivity contribution is 0.259. The van der Waals surface area contributed by atoms with E-state index in [9.17, 15) is 0 Å². The Bertz CT molecular complexity index is 567. The van der Waals surface area contributed by atoms with Gasteiger partial charge in [-0.2, -0.15) is 4.98 Å². The molecule has 1 fully saturated rings. The SMILES string of the molecule is COc1ncnc2c(C3CCNCCN3C)c[nH]c12. The van der Waals surface area contributed by atoms with Gasteiger partial charge < -0.3 is 15.0 Å². The number of hydrogen-bond acceptors (Lipinski definition) is 5. The van der Waals surface area contributed by atoms with Crippen LogP contribution in [-0.4, -0.2) is 53.6 Å². The molecule has 6 nitrogen and oxygen atoms in total. The normalized spacial score (nSPS) is 21.5. The number of methoxy groups -OCH3 is 1. The van der Waals surface area contributed by atoms with Crippen molar-refractivity contribution in [2.24, 2.45) is 0 Å². The molecule has 3 rings (SSSR count). The van der Waals surface area contributed by atoms with Crippen LogP contribution in [0.3, 0.4) is 0 Å². The van der Waals surface area contributed by atoms with Gasteiger partial charge in [0.25, 0.3) is 0 Å². The van der Waals surface area contributed by atoms with Gasteiger partial charge in [-0.05, 0) is 20.0 Å². The summed E-state index contributed by atoms with van der Waals surface area (Å²) in [4.78, 5) is 14.2. The monoisotopic (exact) mass is 261 g/mol. The van der Waals surface area contributed by atoms with Gasteiger partial charge in [0.1, 0.15) is 17.4 Å². The summed E-state index contributed by atoms with van der Waals surface area (Å²) in [5.41, 5.74) is 3.07. The van der Waals surface area contributed by atoms with Gasteiger partial charge >= 0.3 is 0 Å². The second kappa shape index (κ2) is 5.14. The molecule has 0 radical (unpaired) electrons. The van der Waals surface area contributed by atoms with Gasteiger partial charge in [-0.1, -0.05) is 0 Å². The van der Waals surface area contributed by atoms with Crippen LogP contribution in [0.2, 0.25) is 0 Å². The zero-order chi connectivity index (χ0) is 13.2. The fourth-order valence-electron chi connectivity index (χ4n) is 2.73. The highest BCUT2D eigenvalue weighted by molar-refractivity contribution is 5.83. The number of aromatic nitrogens is 3. The fourth-order valence-corrected chi connectivity index (χ4v) is 2.73. The van der Waals surface area contributed by atoms with E-state index in [0.29, 0.717) is 11.9 Å². The molecule has 0 saturated carbocycles. The Hall–Kier alpha value is -1.66. The quantitative estimate of drug-likeness (QED) is 0.842. The highest BCUT2D eigenvalue weighted by atomic mass is 16.5. The number of likely N-dealkylation sites (N-methyl/N-ethyl adjacent to an activating group) is 1. The number of nitrogens with zero attached hydrogens (tertiary/aromatic N) is 3. The second-order valence-corrected chi connectivity index (χ2v) is 4.89. The first kappa shape index (κ1) is 12.4. The van der Waals surface area contributed by atoms with Crippen LogP contribution in [0.5, 0.6) is 5.88 Å². The van der Waals surface area contributed by atoms with Crippen LogP contribution in [0.15, 0.2) is 12.5 Å². The zero-order valence-electron chi connectivity index (χ0n) is 11.3. The van der Waals surface area contributed by atoms with Crippen molar-refractivity contribution >= 4 is 11.0 Å². The summed E-state index contributed by atoms with van der Waals surface area (Å²) in [7, 11) is 3.79. The van der Waals surface area contributed by atoms with Crippen molar-refractivity contribution in [2.75, 3.05) is 33.8 Å². The first-order valence-electron chi connectivity index (χ1n) is 6.58. The summed E-state index contributed by atoms with van der Waals surface area (Å²) in [5, 5.41) is 3.43. The van der Waals surface area contributed by atoms with Crippen LogP contribution < -0.4 is 10.1 Å². The predicted molar refractivity (Wildman–Crippen MR) is 73.3 cm³/mol. The molecule has 0 bridgehead atoms. The topological polar surface area (TPSA) is 66.1 Å². The Morgan fingerprint density at radius 1 is 1.37 bits per heavy atom. The Labute approximate surface area is 112 Å². The third-order valence-corrected chi connectivity index (χ3v) is 3.78. The molecule has 0 aromatic carbocycles. The van der Waals surface area contributed by atoms with E-state index in [0.717, 1.165) is 37.1 Å². The minimum absolute atomic E-state index is 0.378. The van der Waals surface area contributed by atoms with Crippen molar-refractivity contribution in [2.45, 2.75) is 12.5 Å². The van der Waals surface area contributed by atoms with Gasteiger partial charge in [-0.15, -0.1) is 0 Å². The van der Waals surface area contributed by atoms with E-state index >= 15 is 0 Å².